The first-order chi connectivity index (χ1) is 5.86. The first-order valence-corrected chi connectivity index (χ1v) is 4.74. The Bertz CT molecular complexity index is 302. The van der Waals surface area contributed by atoms with E-state index in [1.165, 1.54) is 4.88 Å². The van der Waals surface area contributed by atoms with E-state index in [0.717, 1.165) is 6.42 Å². The molecule has 1 aromatic rings. The van der Waals surface area contributed by atoms with E-state index in [0.29, 0.717) is 0 Å². The molecule has 1 aliphatic rings. The van der Waals surface area contributed by atoms with Crippen LogP contribution in [0, 0.1) is 0 Å². The summed E-state index contributed by atoms with van der Waals surface area (Å²) in [7, 11) is 0. The molecule has 0 fully saturated rings. The van der Waals surface area contributed by atoms with Gasteiger partial charge in [-0.15, -0.1) is 11.3 Å². The van der Waals surface area contributed by atoms with E-state index in [1.807, 2.05) is 17.5 Å². The first-order valence-electron chi connectivity index (χ1n) is 3.87. The van der Waals surface area contributed by atoms with Gasteiger partial charge in [0.15, 0.2) is 0 Å². The Morgan fingerprint density at radius 3 is 3.17 bits per heavy atom. The molecule has 0 saturated carbocycles. The van der Waals surface area contributed by atoms with Gasteiger partial charge in [-0.2, -0.15) is 0 Å². The second-order valence-corrected chi connectivity index (χ2v) is 3.69. The molecule has 1 aromatic heterocycles. The Kier molecular flexibility index (Phi) is 1.96. The summed E-state index contributed by atoms with van der Waals surface area (Å²) in [5.41, 5.74) is 0. The lowest BCUT2D eigenvalue weighted by atomic mass is 10.1. The Hall–Kier alpha value is -1.09. The predicted octanol–water partition coefficient (Wildman–Crippen LogP) is 1.87. The second kappa shape index (κ2) is 3.11. The van der Waals surface area contributed by atoms with Gasteiger partial charge in [-0.05, 0) is 23.9 Å². The Balaban J connectivity index is 2.17. The van der Waals surface area contributed by atoms with Crippen LogP contribution in [0.5, 0.6) is 0 Å². The van der Waals surface area contributed by atoms with Gasteiger partial charge in [0.2, 0.25) is 5.91 Å². The molecule has 0 aliphatic carbocycles. The van der Waals surface area contributed by atoms with Crippen LogP contribution in [0.3, 0.4) is 0 Å². The number of rotatable bonds is 1. The fourth-order valence-corrected chi connectivity index (χ4v) is 2.06. The Labute approximate surface area is 74.9 Å². The molecule has 2 rings (SSSR count). The highest BCUT2D eigenvalue weighted by atomic mass is 32.1. The van der Waals surface area contributed by atoms with Crippen LogP contribution >= 0.6 is 11.3 Å². The smallest absolute Gasteiger partial charge is 0.244 e. The van der Waals surface area contributed by atoms with Gasteiger partial charge in [-0.3, -0.25) is 4.79 Å². The summed E-state index contributed by atoms with van der Waals surface area (Å²) in [6.45, 7) is 0. The number of amides is 1. The molecule has 0 radical (unpaired) electrons. The van der Waals surface area contributed by atoms with Crippen molar-refractivity contribution in [3.05, 3.63) is 34.5 Å². The second-order valence-electron chi connectivity index (χ2n) is 2.71. The minimum Gasteiger partial charge on any atom is -0.345 e. The van der Waals surface area contributed by atoms with Crippen molar-refractivity contribution < 1.29 is 4.79 Å². The van der Waals surface area contributed by atoms with Crippen molar-refractivity contribution in [2.45, 2.75) is 12.5 Å². The van der Waals surface area contributed by atoms with E-state index < -0.39 is 0 Å². The first kappa shape index (κ1) is 7.55. The maximum absolute atomic E-state index is 11.0. The van der Waals surface area contributed by atoms with Crippen molar-refractivity contribution in [2.75, 3.05) is 0 Å². The average Bonchev–Trinajstić information content (AvgIpc) is 2.56. The standard InChI is InChI=1S/C9H9NOS/c11-9-5-1-3-7(10-9)8-4-2-6-12-8/h1-2,4-7H,3H2,(H,10,11)/t7-/m0/s1. The molecule has 62 valence electrons. The zero-order valence-corrected chi connectivity index (χ0v) is 7.30. The van der Waals surface area contributed by atoms with Gasteiger partial charge in [0.05, 0.1) is 6.04 Å². The summed E-state index contributed by atoms with van der Waals surface area (Å²) in [6.07, 6.45) is 4.42. The molecule has 1 amide bonds. The van der Waals surface area contributed by atoms with E-state index in [2.05, 4.69) is 11.4 Å². The molecule has 0 aromatic carbocycles. The van der Waals surface area contributed by atoms with Crippen LogP contribution in [-0.4, -0.2) is 5.91 Å². The van der Waals surface area contributed by atoms with Crippen LogP contribution in [0.4, 0.5) is 0 Å². The molecule has 2 heterocycles. The van der Waals surface area contributed by atoms with Gasteiger partial charge in [0, 0.05) is 4.88 Å². The van der Waals surface area contributed by atoms with Crippen molar-refractivity contribution in [3.63, 3.8) is 0 Å². The van der Waals surface area contributed by atoms with E-state index in [4.69, 9.17) is 0 Å². The maximum atomic E-state index is 11.0. The number of hydrogen-bond donors (Lipinski definition) is 1. The van der Waals surface area contributed by atoms with E-state index >= 15 is 0 Å². The van der Waals surface area contributed by atoms with Crippen molar-refractivity contribution in [1.82, 2.24) is 5.32 Å². The molecular weight excluding hydrogens is 170 g/mol. The number of thiophene rings is 1. The van der Waals surface area contributed by atoms with Gasteiger partial charge in [0.1, 0.15) is 0 Å². The van der Waals surface area contributed by atoms with Crippen molar-refractivity contribution >= 4 is 17.2 Å². The van der Waals surface area contributed by atoms with Crippen LogP contribution in [0.1, 0.15) is 17.3 Å². The summed E-state index contributed by atoms with van der Waals surface area (Å²) in [6, 6.07) is 4.25. The van der Waals surface area contributed by atoms with E-state index in [9.17, 15) is 4.79 Å². The highest BCUT2D eigenvalue weighted by molar-refractivity contribution is 7.10. The zero-order valence-electron chi connectivity index (χ0n) is 6.49. The lowest BCUT2D eigenvalue weighted by Crippen LogP contribution is -2.28. The van der Waals surface area contributed by atoms with Gasteiger partial charge in [0.25, 0.3) is 0 Å². The Morgan fingerprint density at radius 2 is 2.50 bits per heavy atom. The van der Waals surface area contributed by atoms with Crippen LogP contribution in [0.15, 0.2) is 29.7 Å². The fourth-order valence-electron chi connectivity index (χ4n) is 1.27. The van der Waals surface area contributed by atoms with Gasteiger partial charge < -0.3 is 5.32 Å². The molecule has 2 nitrogen and oxygen atoms in total. The largest absolute Gasteiger partial charge is 0.345 e. The summed E-state index contributed by atoms with van der Waals surface area (Å²) in [4.78, 5) is 12.2. The molecule has 12 heavy (non-hydrogen) atoms. The summed E-state index contributed by atoms with van der Waals surface area (Å²) in [5.74, 6) is 0.0136. The molecule has 1 aliphatic heterocycles. The topological polar surface area (TPSA) is 29.1 Å². The van der Waals surface area contributed by atoms with Crippen LogP contribution in [0.25, 0.3) is 0 Å². The summed E-state index contributed by atoms with van der Waals surface area (Å²) >= 11 is 1.68. The highest BCUT2D eigenvalue weighted by Crippen LogP contribution is 2.23. The Morgan fingerprint density at radius 1 is 1.58 bits per heavy atom. The molecule has 3 heteroatoms. The quantitative estimate of drug-likeness (QED) is 0.700. The predicted molar refractivity (Wildman–Crippen MR) is 49.0 cm³/mol. The lowest BCUT2D eigenvalue weighted by molar-refractivity contribution is -0.117. The van der Waals surface area contributed by atoms with Gasteiger partial charge in [-0.1, -0.05) is 12.1 Å². The SMILES string of the molecule is O=C1C=CC[C@@H](c2cccs2)N1. The molecule has 1 atom stereocenters. The average molecular weight is 179 g/mol. The molecule has 0 unspecified atom stereocenters. The lowest BCUT2D eigenvalue weighted by Gasteiger charge is -2.17. The molecule has 1 N–H and O–H groups in total. The van der Waals surface area contributed by atoms with Crippen LogP contribution in [0.2, 0.25) is 0 Å². The third kappa shape index (κ3) is 1.41. The molecule has 0 saturated heterocycles. The molecule has 0 bridgehead atoms. The number of carbonyl (C=O) groups is 1. The third-order valence-corrected chi connectivity index (χ3v) is 2.83. The summed E-state index contributed by atoms with van der Waals surface area (Å²) < 4.78 is 0. The highest BCUT2D eigenvalue weighted by Gasteiger charge is 2.15. The van der Waals surface area contributed by atoms with Crippen molar-refractivity contribution in [2.24, 2.45) is 0 Å². The maximum Gasteiger partial charge on any atom is 0.244 e. The van der Waals surface area contributed by atoms with Crippen LogP contribution < -0.4 is 5.32 Å². The number of carbonyl (C=O) groups excluding carboxylic acids is 1. The summed E-state index contributed by atoms with van der Waals surface area (Å²) in [5, 5.41) is 4.93. The minimum atomic E-state index is 0.0136. The third-order valence-electron chi connectivity index (χ3n) is 1.84. The zero-order chi connectivity index (χ0) is 8.39. The normalized spacial score (nSPS) is 22.3. The monoisotopic (exact) mass is 179 g/mol. The van der Waals surface area contributed by atoms with Crippen LogP contribution in [-0.2, 0) is 4.79 Å². The van der Waals surface area contributed by atoms with Gasteiger partial charge >= 0.3 is 0 Å². The van der Waals surface area contributed by atoms with Crippen molar-refractivity contribution in [3.8, 4) is 0 Å². The number of hydrogen-bond acceptors (Lipinski definition) is 2. The van der Waals surface area contributed by atoms with Gasteiger partial charge in [-0.25, -0.2) is 0 Å². The van der Waals surface area contributed by atoms with E-state index in [1.54, 1.807) is 17.4 Å². The molecule has 0 spiro atoms. The fraction of sp³-hybridized carbons (Fsp3) is 0.222. The minimum absolute atomic E-state index is 0.0136. The van der Waals surface area contributed by atoms with Crippen molar-refractivity contribution in [1.29, 1.82) is 0 Å². The number of nitrogens with one attached hydrogen (secondary N) is 1. The van der Waals surface area contributed by atoms with E-state index in [-0.39, 0.29) is 11.9 Å². The molecular formula is C9H9NOS.